The summed E-state index contributed by atoms with van der Waals surface area (Å²) in [5.74, 6) is 0.839. The molecule has 1 heterocycles. The Morgan fingerprint density at radius 2 is 1.93 bits per heavy atom. The van der Waals surface area contributed by atoms with Gasteiger partial charge in [-0.05, 0) is 59.5 Å². The summed E-state index contributed by atoms with van der Waals surface area (Å²) in [6, 6.07) is 8.04. The van der Waals surface area contributed by atoms with Gasteiger partial charge in [0.1, 0.15) is 5.69 Å². The summed E-state index contributed by atoms with van der Waals surface area (Å²) in [4.78, 5) is 25.4. The van der Waals surface area contributed by atoms with Crippen LogP contribution in [-0.4, -0.2) is 41.3 Å². The van der Waals surface area contributed by atoms with Gasteiger partial charge in [-0.25, -0.2) is 9.97 Å². The van der Waals surface area contributed by atoms with Crippen LogP contribution in [0.3, 0.4) is 0 Å². The van der Waals surface area contributed by atoms with Crippen molar-refractivity contribution in [1.29, 1.82) is 0 Å². The number of rotatable bonds is 7. The second kappa shape index (κ2) is 9.13. The molecule has 1 aromatic heterocycles. The Bertz CT molecular complexity index is 846. The summed E-state index contributed by atoms with van der Waals surface area (Å²) in [6.07, 6.45) is 3.24. The Labute approximate surface area is 170 Å². The molecule has 0 amide bonds. The molecule has 1 aromatic carbocycles. The van der Waals surface area contributed by atoms with Crippen LogP contribution in [0.5, 0.6) is 0 Å². The van der Waals surface area contributed by atoms with Gasteiger partial charge in [0.05, 0.1) is 5.69 Å². The Morgan fingerprint density at radius 1 is 1.22 bits per heavy atom. The normalized spacial score (nSPS) is 11.3. The van der Waals surface area contributed by atoms with E-state index in [4.69, 9.17) is 0 Å². The summed E-state index contributed by atoms with van der Waals surface area (Å²) < 4.78 is 0.987. The van der Waals surface area contributed by atoms with Crippen molar-refractivity contribution in [2.24, 2.45) is 0 Å². The second-order valence-electron chi connectivity index (χ2n) is 6.95. The van der Waals surface area contributed by atoms with E-state index in [1.165, 1.54) is 11.6 Å². The van der Waals surface area contributed by atoms with Crippen molar-refractivity contribution in [3.05, 3.63) is 58.0 Å². The number of aromatic nitrogens is 2. The van der Waals surface area contributed by atoms with Crippen LogP contribution in [0.4, 0.5) is 11.6 Å². The third kappa shape index (κ3) is 5.39. The molecule has 0 radical (unpaired) electrons. The molecule has 0 aliphatic rings. The van der Waals surface area contributed by atoms with Gasteiger partial charge < -0.3 is 9.80 Å². The third-order valence-corrected chi connectivity index (χ3v) is 4.74. The lowest BCUT2D eigenvalue weighted by Crippen LogP contribution is -2.21. The number of carbonyl (C=O) groups excluding carboxylic acids is 1. The van der Waals surface area contributed by atoms with Crippen LogP contribution in [0.2, 0.25) is 0 Å². The average Bonchev–Trinajstić information content (AvgIpc) is 2.60. The molecule has 0 unspecified atom stereocenters. The Kier molecular flexibility index (Phi) is 7.13. The molecule has 6 heteroatoms. The van der Waals surface area contributed by atoms with Crippen molar-refractivity contribution >= 4 is 33.3 Å². The zero-order valence-electron chi connectivity index (χ0n) is 16.8. The first-order valence-electron chi connectivity index (χ1n) is 9.04. The number of allylic oxidation sites excluding steroid dienone is 1. The van der Waals surface area contributed by atoms with E-state index >= 15 is 0 Å². The van der Waals surface area contributed by atoms with Crippen molar-refractivity contribution in [3.63, 3.8) is 0 Å². The van der Waals surface area contributed by atoms with Crippen LogP contribution >= 0.6 is 15.9 Å². The van der Waals surface area contributed by atoms with Crippen molar-refractivity contribution in [3.8, 4) is 0 Å². The summed E-state index contributed by atoms with van der Waals surface area (Å²) >= 11 is 3.68. The van der Waals surface area contributed by atoms with Crippen LogP contribution < -0.4 is 4.90 Å². The standard InChI is InChI=1S/C21H27BrN4O/c1-7-26(19-9-8-16(14(2)3)13-17(19)22)21-23-15(4)12-18(24-21)20(27)10-11-25(5)6/h8-14H,7H2,1-6H3. The van der Waals surface area contributed by atoms with Crippen molar-refractivity contribution in [2.45, 2.75) is 33.6 Å². The van der Waals surface area contributed by atoms with E-state index in [0.717, 1.165) is 15.9 Å². The first kappa shape index (κ1) is 21.1. The van der Waals surface area contributed by atoms with Gasteiger partial charge in [0.15, 0.2) is 0 Å². The number of anilines is 2. The molecule has 0 aliphatic heterocycles. The van der Waals surface area contributed by atoms with Crippen LogP contribution in [-0.2, 0) is 0 Å². The quantitative estimate of drug-likeness (QED) is 0.452. The van der Waals surface area contributed by atoms with E-state index in [1.54, 1.807) is 12.3 Å². The van der Waals surface area contributed by atoms with Gasteiger partial charge in [0.2, 0.25) is 11.7 Å². The van der Waals surface area contributed by atoms with Gasteiger partial charge in [-0.15, -0.1) is 0 Å². The van der Waals surface area contributed by atoms with Crippen LogP contribution in [0.15, 0.2) is 41.0 Å². The van der Waals surface area contributed by atoms with Gasteiger partial charge >= 0.3 is 0 Å². The maximum Gasteiger partial charge on any atom is 0.230 e. The smallest absolute Gasteiger partial charge is 0.230 e. The topological polar surface area (TPSA) is 49.3 Å². The molecule has 0 atom stereocenters. The first-order valence-corrected chi connectivity index (χ1v) is 9.83. The fourth-order valence-corrected chi connectivity index (χ4v) is 3.23. The second-order valence-corrected chi connectivity index (χ2v) is 7.80. The molecule has 144 valence electrons. The maximum absolute atomic E-state index is 12.5. The number of halogens is 1. The van der Waals surface area contributed by atoms with E-state index in [0.29, 0.717) is 24.1 Å². The Balaban J connectivity index is 2.44. The highest BCUT2D eigenvalue weighted by atomic mass is 79.9. The first-order chi connectivity index (χ1) is 12.7. The lowest BCUT2D eigenvalue weighted by molar-refractivity contribution is 0.104. The predicted molar refractivity (Wildman–Crippen MR) is 115 cm³/mol. The predicted octanol–water partition coefficient (Wildman–Crippen LogP) is 5.09. The summed E-state index contributed by atoms with van der Waals surface area (Å²) in [5, 5.41) is 0. The van der Waals surface area contributed by atoms with Gasteiger partial charge in [0, 0.05) is 43.1 Å². The summed E-state index contributed by atoms with van der Waals surface area (Å²) in [5.41, 5.74) is 3.39. The molecule has 0 aliphatic carbocycles. The van der Waals surface area contributed by atoms with E-state index in [2.05, 4.69) is 57.9 Å². The Morgan fingerprint density at radius 3 is 2.48 bits per heavy atom. The van der Waals surface area contributed by atoms with Gasteiger partial charge in [-0.1, -0.05) is 19.9 Å². The van der Waals surface area contributed by atoms with Crippen molar-refractivity contribution < 1.29 is 4.79 Å². The van der Waals surface area contributed by atoms with Crippen molar-refractivity contribution in [2.75, 3.05) is 25.5 Å². The minimum atomic E-state index is -0.138. The van der Waals surface area contributed by atoms with Gasteiger partial charge in [-0.3, -0.25) is 4.79 Å². The lowest BCUT2D eigenvalue weighted by Gasteiger charge is -2.23. The van der Waals surface area contributed by atoms with Gasteiger partial charge in [0.25, 0.3) is 0 Å². The number of aryl methyl sites for hydroxylation is 1. The molecule has 0 fully saturated rings. The molecule has 27 heavy (non-hydrogen) atoms. The minimum absolute atomic E-state index is 0.138. The molecule has 5 nitrogen and oxygen atoms in total. The van der Waals surface area contributed by atoms with E-state index < -0.39 is 0 Å². The fraction of sp³-hybridized carbons (Fsp3) is 0.381. The zero-order chi connectivity index (χ0) is 20.1. The van der Waals surface area contributed by atoms with E-state index in [9.17, 15) is 4.79 Å². The molecule has 2 aromatic rings. The van der Waals surface area contributed by atoms with Gasteiger partial charge in [-0.2, -0.15) is 0 Å². The molecule has 2 rings (SSSR count). The van der Waals surface area contributed by atoms with Crippen LogP contribution in [0.25, 0.3) is 0 Å². The highest BCUT2D eigenvalue weighted by molar-refractivity contribution is 9.10. The monoisotopic (exact) mass is 430 g/mol. The summed E-state index contributed by atoms with van der Waals surface area (Å²) in [7, 11) is 3.75. The van der Waals surface area contributed by atoms with Crippen LogP contribution in [0, 0.1) is 6.92 Å². The molecule has 0 N–H and O–H groups in total. The number of benzene rings is 1. The van der Waals surface area contributed by atoms with E-state index in [1.807, 2.05) is 37.7 Å². The summed E-state index contributed by atoms with van der Waals surface area (Å²) in [6.45, 7) is 8.94. The number of ketones is 1. The molecular formula is C21H27BrN4O. The molecule has 0 bridgehead atoms. The number of nitrogens with zero attached hydrogens (tertiary/aromatic N) is 4. The fourth-order valence-electron chi connectivity index (χ4n) is 2.62. The van der Waals surface area contributed by atoms with E-state index in [-0.39, 0.29) is 5.78 Å². The van der Waals surface area contributed by atoms with Crippen molar-refractivity contribution in [1.82, 2.24) is 14.9 Å². The molecular weight excluding hydrogens is 404 g/mol. The average molecular weight is 431 g/mol. The number of hydrogen-bond acceptors (Lipinski definition) is 5. The third-order valence-electron chi connectivity index (χ3n) is 4.11. The SMILES string of the molecule is CCN(c1nc(C)cc(C(=O)C=CN(C)C)n1)c1ccc(C(C)C)cc1Br. The zero-order valence-corrected chi connectivity index (χ0v) is 18.4. The minimum Gasteiger partial charge on any atom is -0.383 e. The molecule has 0 saturated carbocycles. The molecule has 0 spiro atoms. The van der Waals surface area contributed by atoms with Crippen LogP contribution in [0.1, 0.15) is 48.4 Å². The highest BCUT2D eigenvalue weighted by Gasteiger charge is 2.17. The number of hydrogen-bond donors (Lipinski definition) is 0. The highest BCUT2D eigenvalue weighted by Crippen LogP contribution is 2.33. The Hall–Kier alpha value is -2.21. The lowest BCUT2D eigenvalue weighted by atomic mass is 10.0. The largest absolute Gasteiger partial charge is 0.383 e. The maximum atomic E-state index is 12.5. The number of carbonyl (C=O) groups is 1. The molecule has 0 saturated heterocycles.